The van der Waals surface area contributed by atoms with Crippen molar-refractivity contribution in [2.45, 2.75) is 0 Å². The Bertz CT molecular complexity index is 818. The Balaban J connectivity index is 1.90. The average Bonchev–Trinajstić information content (AvgIpc) is 3.15. The Morgan fingerprint density at radius 3 is 2.89 bits per heavy atom. The van der Waals surface area contributed by atoms with Crippen LogP contribution in [0.2, 0.25) is 0 Å². The Morgan fingerprint density at radius 2 is 2.11 bits per heavy atom. The monoisotopic (exact) mass is 269 g/mol. The Morgan fingerprint density at radius 1 is 1.11 bits per heavy atom. The van der Waals surface area contributed by atoms with Crippen LogP contribution in [-0.2, 0) is 0 Å². The van der Waals surface area contributed by atoms with E-state index in [0.717, 1.165) is 16.5 Å². The molecule has 0 unspecified atom stereocenters. The van der Waals surface area contributed by atoms with Crippen LogP contribution in [0, 0.1) is 0 Å². The number of pyridine rings is 1. The van der Waals surface area contributed by atoms with Gasteiger partial charge in [-0.15, -0.1) is 15.3 Å². The van der Waals surface area contributed by atoms with Crippen molar-refractivity contribution in [3.05, 3.63) is 42.8 Å². The largest absolute Gasteiger partial charge is 0.462 e. The molecule has 0 bridgehead atoms. The van der Waals surface area contributed by atoms with Crippen molar-refractivity contribution >= 4 is 16.3 Å². The fourth-order valence-electron chi connectivity index (χ4n) is 1.77. The van der Waals surface area contributed by atoms with Crippen LogP contribution < -0.4 is 0 Å². The van der Waals surface area contributed by atoms with Gasteiger partial charge in [0.1, 0.15) is 5.69 Å². The molecule has 4 heterocycles. The molecular weight excluding hydrogens is 262 g/mol. The van der Waals surface area contributed by atoms with Crippen molar-refractivity contribution in [2.24, 2.45) is 0 Å². The first kappa shape index (κ1) is 10.4. The first-order valence-corrected chi connectivity index (χ1v) is 6.41. The molecule has 0 aromatic carbocycles. The summed E-state index contributed by atoms with van der Waals surface area (Å²) in [5.74, 6) is 1.35. The molecule has 92 valence electrons. The number of nitrogens with zero attached hydrogens (tertiary/aromatic N) is 5. The van der Waals surface area contributed by atoms with Gasteiger partial charge in [0, 0.05) is 6.20 Å². The van der Waals surface area contributed by atoms with Crippen LogP contribution >= 0.6 is 11.3 Å². The van der Waals surface area contributed by atoms with Crippen LogP contribution in [-0.4, -0.2) is 24.8 Å². The van der Waals surface area contributed by atoms with Gasteiger partial charge in [0.25, 0.3) is 0 Å². The lowest BCUT2D eigenvalue weighted by molar-refractivity contribution is 0.580. The number of fused-ring (bicyclic) bond motifs is 1. The number of aromatic nitrogens is 5. The van der Waals surface area contributed by atoms with E-state index < -0.39 is 0 Å². The number of rotatable bonds is 2. The van der Waals surface area contributed by atoms with E-state index in [-0.39, 0.29) is 0 Å². The second-order valence-electron chi connectivity index (χ2n) is 3.82. The molecule has 7 heteroatoms. The molecule has 6 nitrogen and oxygen atoms in total. The molecule has 0 aliphatic heterocycles. The first-order valence-electron chi connectivity index (χ1n) is 5.59. The lowest BCUT2D eigenvalue weighted by atomic mass is 10.3. The fraction of sp³-hybridized carbons (Fsp3) is 0. The first-order chi connectivity index (χ1) is 9.42. The zero-order valence-corrected chi connectivity index (χ0v) is 10.4. The highest BCUT2D eigenvalue weighted by molar-refractivity contribution is 7.19. The van der Waals surface area contributed by atoms with E-state index in [1.54, 1.807) is 17.0 Å². The topological polar surface area (TPSA) is 69.1 Å². The minimum atomic E-state index is 0.629. The summed E-state index contributed by atoms with van der Waals surface area (Å²) < 4.78 is 7.02. The summed E-state index contributed by atoms with van der Waals surface area (Å²) in [4.78, 5) is 4.98. The molecule has 4 aromatic heterocycles. The third kappa shape index (κ3) is 1.63. The van der Waals surface area contributed by atoms with Gasteiger partial charge in [0.15, 0.2) is 10.8 Å². The number of hydrogen-bond acceptors (Lipinski definition) is 6. The second-order valence-corrected chi connectivity index (χ2v) is 4.77. The molecule has 4 aromatic rings. The van der Waals surface area contributed by atoms with Crippen molar-refractivity contribution in [1.29, 1.82) is 0 Å². The highest BCUT2D eigenvalue weighted by Gasteiger charge is 2.15. The lowest BCUT2D eigenvalue weighted by Gasteiger charge is -1.93. The van der Waals surface area contributed by atoms with Crippen molar-refractivity contribution in [3.63, 3.8) is 0 Å². The summed E-state index contributed by atoms with van der Waals surface area (Å²) in [5, 5.41) is 13.5. The maximum Gasteiger partial charge on any atom is 0.235 e. The van der Waals surface area contributed by atoms with E-state index in [1.165, 1.54) is 11.3 Å². The Hall–Kier alpha value is -2.54. The molecule has 0 aliphatic carbocycles. The van der Waals surface area contributed by atoms with Crippen LogP contribution in [0.15, 0.2) is 47.2 Å². The minimum absolute atomic E-state index is 0.629. The molecule has 0 atom stereocenters. The summed E-state index contributed by atoms with van der Waals surface area (Å²) in [6, 6.07) is 9.34. The predicted molar refractivity (Wildman–Crippen MR) is 69.6 cm³/mol. The van der Waals surface area contributed by atoms with Crippen molar-refractivity contribution in [2.75, 3.05) is 0 Å². The van der Waals surface area contributed by atoms with E-state index in [1.807, 2.05) is 30.3 Å². The molecule has 0 fully saturated rings. The predicted octanol–water partition coefficient (Wildman–Crippen LogP) is 2.51. The molecule has 0 amide bonds. The molecule has 19 heavy (non-hydrogen) atoms. The summed E-state index contributed by atoms with van der Waals surface area (Å²) in [6.07, 6.45) is 3.34. The normalized spacial score (nSPS) is 11.2. The highest BCUT2D eigenvalue weighted by Crippen LogP contribution is 2.27. The summed E-state index contributed by atoms with van der Waals surface area (Å²) in [7, 11) is 0. The van der Waals surface area contributed by atoms with Crippen LogP contribution in [0.25, 0.3) is 27.2 Å². The van der Waals surface area contributed by atoms with Crippen LogP contribution in [0.1, 0.15) is 0 Å². The maximum atomic E-state index is 5.33. The highest BCUT2D eigenvalue weighted by atomic mass is 32.1. The summed E-state index contributed by atoms with van der Waals surface area (Å²) >= 11 is 1.43. The Kier molecular flexibility index (Phi) is 2.18. The molecule has 4 rings (SSSR count). The molecule has 0 spiro atoms. The zero-order chi connectivity index (χ0) is 12.7. The summed E-state index contributed by atoms with van der Waals surface area (Å²) in [6.45, 7) is 0. The smallest absolute Gasteiger partial charge is 0.235 e. The van der Waals surface area contributed by atoms with Crippen LogP contribution in [0.5, 0.6) is 0 Å². The Labute approximate surface area is 111 Å². The van der Waals surface area contributed by atoms with Gasteiger partial charge >= 0.3 is 0 Å². The van der Waals surface area contributed by atoms with E-state index in [2.05, 4.69) is 20.3 Å². The van der Waals surface area contributed by atoms with E-state index in [9.17, 15) is 0 Å². The third-order valence-corrected chi connectivity index (χ3v) is 3.53. The van der Waals surface area contributed by atoms with Gasteiger partial charge in [-0.05, 0) is 24.3 Å². The fourth-order valence-corrected chi connectivity index (χ4v) is 2.58. The zero-order valence-electron chi connectivity index (χ0n) is 9.59. The molecule has 0 radical (unpaired) electrons. The van der Waals surface area contributed by atoms with E-state index in [0.29, 0.717) is 10.8 Å². The van der Waals surface area contributed by atoms with E-state index >= 15 is 0 Å². The number of hydrogen-bond donors (Lipinski definition) is 0. The standard InChI is InChI=1S/C12H7N5OS/c1-2-6-13-8(4-1)10-14-15-12-17(10)16-11(19-12)9-5-3-7-18-9/h1-7H. The van der Waals surface area contributed by atoms with Gasteiger partial charge in [-0.3, -0.25) is 4.98 Å². The minimum Gasteiger partial charge on any atom is -0.462 e. The van der Waals surface area contributed by atoms with Gasteiger partial charge in [-0.1, -0.05) is 17.4 Å². The molecular formula is C12H7N5OS. The van der Waals surface area contributed by atoms with Gasteiger partial charge in [0.2, 0.25) is 10.8 Å². The van der Waals surface area contributed by atoms with Gasteiger partial charge in [-0.25, -0.2) is 0 Å². The third-order valence-electron chi connectivity index (χ3n) is 2.62. The van der Waals surface area contributed by atoms with Crippen molar-refractivity contribution in [3.8, 4) is 22.3 Å². The molecule has 0 N–H and O–H groups in total. The van der Waals surface area contributed by atoms with Crippen molar-refractivity contribution in [1.82, 2.24) is 24.8 Å². The number of furan rings is 1. The SMILES string of the molecule is c1ccc(-c2nnc3sc(-c4ccco4)nn23)nc1. The molecule has 0 aliphatic rings. The van der Waals surface area contributed by atoms with Crippen molar-refractivity contribution < 1.29 is 4.42 Å². The average molecular weight is 269 g/mol. The van der Waals surface area contributed by atoms with Gasteiger partial charge in [0.05, 0.1) is 6.26 Å². The quantitative estimate of drug-likeness (QED) is 0.559. The second kappa shape index (κ2) is 3.99. The van der Waals surface area contributed by atoms with E-state index in [4.69, 9.17) is 4.42 Å². The summed E-state index contributed by atoms with van der Waals surface area (Å²) in [5.41, 5.74) is 0.742. The van der Waals surface area contributed by atoms with Crippen LogP contribution in [0.4, 0.5) is 0 Å². The van der Waals surface area contributed by atoms with Crippen LogP contribution in [0.3, 0.4) is 0 Å². The molecule has 0 saturated heterocycles. The van der Waals surface area contributed by atoms with Gasteiger partial charge < -0.3 is 4.42 Å². The lowest BCUT2D eigenvalue weighted by Crippen LogP contribution is -1.92. The maximum absolute atomic E-state index is 5.33. The molecule has 0 saturated carbocycles. The van der Waals surface area contributed by atoms with Gasteiger partial charge in [-0.2, -0.15) is 4.52 Å².